The summed E-state index contributed by atoms with van der Waals surface area (Å²) < 4.78 is 40.1. The molecular formula is C15H15F3N2OS. The van der Waals surface area contributed by atoms with Crippen molar-refractivity contribution in [3.63, 3.8) is 0 Å². The van der Waals surface area contributed by atoms with Crippen LogP contribution in [0, 0.1) is 6.92 Å². The summed E-state index contributed by atoms with van der Waals surface area (Å²) >= 11 is 1.36. The van der Waals surface area contributed by atoms with E-state index in [0.29, 0.717) is 5.69 Å². The number of carbonyl (C=O) groups is 1. The summed E-state index contributed by atoms with van der Waals surface area (Å²) in [6.07, 6.45) is -4.68. The van der Waals surface area contributed by atoms with Crippen molar-refractivity contribution in [3.05, 3.63) is 52.0 Å². The molecule has 1 aromatic heterocycles. The van der Waals surface area contributed by atoms with Crippen LogP contribution in [0.25, 0.3) is 0 Å². The van der Waals surface area contributed by atoms with Crippen molar-refractivity contribution >= 4 is 17.2 Å². The lowest BCUT2D eigenvalue weighted by Gasteiger charge is -2.30. The Hall–Kier alpha value is -1.89. The van der Waals surface area contributed by atoms with Gasteiger partial charge in [0.05, 0.1) is 17.1 Å². The van der Waals surface area contributed by atoms with Crippen molar-refractivity contribution < 1.29 is 18.0 Å². The Kier molecular flexibility index (Phi) is 4.85. The van der Waals surface area contributed by atoms with Crippen LogP contribution in [0.2, 0.25) is 0 Å². The number of amides is 1. The van der Waals surface area contributed by atoms with E-state index in [4.69, 9.17) is 0 Å². The van der Waals surface area contributed by atoms with Crippen molar-refractivity contribution in [2.75, 3.05) is 7.05 Å². The lowest BCUT2D eigenvalue weighted by molar-refractivity contribution is -0.188. The Morgan fingerprint density at radius 3 is 2.45 bits per heavy atom. The molecule has 0 radical (unpaired) electrons. The fourth-order valence-corrected chi connectivity index (χ4v) is 2.79. The minimum absolute atomic E-state index is 0.0420. The van der Waals surface area contributed by atoms with Gasteiger partial charge < -0.3 is 4.90 Å². The van der Waals surface area contributed by atoms with E-state index >= 15 is 0 Å². The highest BCUT2D eigenvalue weighted by atomic mass is 32.1. The predicted octanol–water partition coefficient (Wildman–Crippen LogP) is 3.76. The predicted molar refractivity (Wildman–Crippen MR) is 78.6 cm³/mol. The normalized spacial score (nSPS) is 13.0. The summed E-state index contributed by atoms with van der Waals surface area (Å²) in [5.41, 5.74) is 0.536. The molecule has 22 heavy (non-hydrogen) atoms. The van der Waals surface area contributed by atoms with E-state index in [1.54, 1.807) is 18.4 Å². The van der Waals surface area contributed by atoms with Gasteiger partial charge in [-0.15, -0.1) is 11.3 Å². The molecule has 0 spiro atoms. The molecule has 1 amide bonds. The molecule has 0 aliphatic rings. The van der Waals surface area contributed by atoms with Crippen LogP contribution in [0.4, 0.5) is 13.2 Å². The molecule has 1 atom stereocenters. The Bertz CT molecular complexity index is 640. The number of aryl methyl sites for hydroxylation is 1. The van der Waals surface area contributed by atoms with Gasteiger partial charge in [-0.25, -0.2) is 4.98 Å². The topological polar surface area (TPSA) is 33.2 Å². The van der Waals surface area contributed by atoms with E-state index in [1.807, 2.05) is 0 Å². The van der Waals surface area contributed by atoms with E-state index in [1.165, 1.54) is 42.6 Å². The second kappa shape index (κ2) is 6.48. The molecular weight excluding hydrogens is 313 g/mol. The average molecular weight is 328 g/mol. The van der Waals surface area contributed by atoms with Crippen molar-refractivity contribution in [1.82, 2.24) is 9.88 Å². The first-order chi connectivity index (χ1) is 10.3. The molecule has 0 fully saturated rings. The summed E-state index contributed by atoms with van der Waals surface area (Å²) in [6.45, 7) is 1.78. The third-order valence-corrected chi connectivity index (χ3v) is 4.03. The van der Waals surface area contributed by atoms with Crippen molar-refractivity contribution in [1.29, 1.82) is 0 Å². The zero-order valence-corrected chi connectivity index (χ0v) is 12.9. The molecule has 0 aliphatic heterocycles. The minimum atomic E-state index is -4.54. The van der Waals surface area contributed by atoms with Crippen LogP contribution in [0.5, 0.6) is 0 Å². The first kappa shape index (κ1) is 16.5. The number of aromatic nitrogens is 1. The molecule has 1 aromatic carbocycles. The largest absolute Gasteiger partial charge is 0.413 e. The van der Waals surface area contributed by atoms with Gasteiger partial charge in [-0.1, -0.05) is 30.3 Å². The zero-order valence-electron chi connectivity index (χ0n) is 12.1. The van der Waals surface area contributed by atoms with Crippen molar-refractivity contribution in [3.8, 4) is 0 Å². The van der Waals surface area contributed by atoms with Gasteiger partial charge in [0, 0.05) is 12.4 Å². The summed E-state index contributed by atoms with van der Waals surface area (Å²) in [5.74, 6) is -0.614. The number of nitrogens with zero attached hydrogens (tertiary/aromatic N) is 2. The van der Waals surface area contributed by atoms with Crippen molar-refractivity contribution in [2.45, 2.75) is 25.6 Å². The lowest BCUT2D eigenvalue weighted by atomic mass is 10.0. The standard InChI is InChI=1S/C15H15F3N2OS/c1-10-19-12(9-22-10)8-13(21)20(2)14(15(16,17)18)11-6-4-3-5-7-11/h3-7,9,14H,8H2,1-2H3/t14-/m1/s1. The molecule has 0 bridgehead atoms. The number of rotatable bonds is 4. The SMILES string of the molecule is Cc1nc(CC(=O)N(C)[C@H](c2ccccc2)C(F)(F)F)cs1. The Balaban J connectivity index is 2.22. The van der Waals surface area contributed by atoms with Crippen LogP contribution >= 0.6 is 11.3 Å². The van der Waals surface area contributed by atoms with Crippen LogP contribution in [0.15, 0.2) is 35.7 Å². The number of alkyl halides is 3. The van der Waals surface area contributed by atoms with Gasteiger partial charge in [0.15, 0.2) is 6.04 Å². The average Bonchev–Trinajstić information content (AvgIpc) is 2.83. The van der Waals surface area contributed by atoms with E-state index < -0.39 is 18.1 Å². The van der Waals surface area contributed by atoms with Crippen LogP contribution < -0.4 is 0 Å². The van der Waals surface area contributed by atoms with Crippen molar-refractivity contribution in [2.24, 2.45) is 0 Å². The molecule has 3 nitrogen and oxygen atoms in total. The molecule has 0 unspecified atom stereocenters. The summed E-state index contributed by atoms with van der Waals surface area (Å²) in [7, 11) is 1.17. The van der Waals surface area contributed by atoms with Crippen LogP contribution in [0.3, 0.4) is 0 Å². The Morgan fingerprint density at radius 1 is 1.32 bits per heavy atom. The molecule has 7 heteroatoms. The summed E-state index contributed by atoms with van der Waals surface area (Å²) in [6, 6.07) is 5.47. The number of likely N-dealkylation sites (N-methyl/N-ethyl adjacent to an activating group) is 1. The van der Waals surface area contributed by atoms with Gasteiger partial charge in [-0.3, -0.25) is 4.79 Å². The van der Waals surface area contributed by atoms with Gasteiger partial charge in [-0.05, 0) is 12.5 Å². The molecule has 0 N–H and O–H groups in total. The molecule has 2 aromatic rings. The summed E-state index contributed by atoms with van der Waals surface area (Å²) in [5, 5.41) is 2.47. The van der Waals surface area contributed by atoms with E-state index in [-0.39, 0.29) is 12.0 Å². The molecule has 118 valence electrons. The fourth-order valence-electron chi connectivity index (χ4n) is 2.18. The Morgan fingerprint density at radius 2 is 1.95 bits per heavy atom. The maximum Gasteiger partial charge on any atom is 0.413 e. The number of thiazole rings is 1. The van der Waals surface area contributed by atoms with Gasteiger partial charge in [0.1, 0.15) is 0 Å². The third-order valence-electron chi connectivity index (χ3n) is 3.20. The van der Waals surface area contributed by atoms with Crippen LogP contribution in [-0.2, 0) is 11.2 Å². The molecule has 1 heterocycles. The van der Waals surface area contributed by atoms with E-state index in [9.17, 15) is 18.0 Å². The quantitative estimate of drug-likeness (QED) is 0.856. The van der Waals surface area contributed by atoms with Gasteiger partial charge >= 0.3 is 6.18 Å². The highest BCUT2D eigenvalue weighted by molar-refractivity contribution is 7.09. The van der Waals surface area contributed by atoms with Gasteiger partial charge in [-0.2, -0.15) is 13.2 Å². The highest BCUT2D eigenvalue weighted by Gasteiger charge is 2.45. The molecule has 0 aliphatic carbocycles. The van der Waals surface area contributed by atoms with Crippen LogP contribution in [0.1, 0.15) is 22.3 Å². The highest BCUT2D eigenvalue weighted by Crippen LogP contribution is 2.37. The summed E-state index contributed by atoms with van der Waals surface area (Å²) in [4.78, 5) is 17.0. The number of hydrogen-bond donors (Lipinski definition) is 0. The fraction of sp³-hybridized carbons (Fsp3) is 0.333. The maximum absolute atomic E-state index is 13.4. The van der Waals surface area contributed by atoms with Gasteiger partial charge in [0.25, 0.3) is 0 Å². The molecule has 2 rings (SSSR count). The second-order valence-electron chi connectivity index (χ2n) is 4.89. The monoisotopic (exact) mass is 328 g/mol. The number of carbonyl (C=O) groups excluding carboxylic acids is 1. The zero-order chi connectivity index (χ0) is 16.3. The maximum atomic E-state index is 13.4. The van der Waals surface area contributed by atoms with Gasteiger partial charge in [0.2, 0.25) is 5.91 Å². The number of hydrogen-bond acceptors (Lipinski definition) is 3. The number of benzene rings is 1. The smallest absolute Gasteiger partial charge is 0.330 e. The number of halogens is 3. The van der Waals surface area contributed by atoms with E-state index in [0.717, 1.165) is 9.91 Å². The lowest BCUT2D eigenvalue weighted by Crippen LogP contribution is -2.40. The Labute approximate surface area is 130 Å². The third kappa shape index (κ3) is 3.85. The van der Waals surface area contributed by atoms with E-state index in [2.05, 4.69) is 4.98 Å². The first-order valence-electron chi connectivity index (χ1n) is 6.57. The van der Waals surface area contributed by atoms with Crippen LogP contribution in [-0.4, -0.2) is 29.0 Å². The minimum Gasteiger partial charge on any atom is -0.330 e. The second-order valence-corrected chi connectivity index (χ2v) is 5.96. The first-order valence-corrected chi connectivity index (χ1v) is 7.45. The molecule has 0 saturated heterocycles. The molecule has 0 saturated carbocycles.